The van der Waals surface area contributed by atoms with Crippen LogP contribution in [0.15, 0.2) is 29.3 Å². The highest BCUT2D eigenvalue weighted by Gasteiger charge is 2.31. The van der Waals surface area contributed by atoms with Crippen molar-refractivity contribution in [2.45, 2.75) is 64.6 Å². The zero-order valence-electron chi connectivity index (χ0n) is 19.0. The van der Waals surface area contributed by atoms with Crippen molar-refractivity contribution in [2.24, 2.45) is 10.9 Å². The fraction of sp³-hybridized carbons (Fsp3) is 0.667. The van der Waals surface area contributed by atoms with E-state index in [-0.39, 0.29) is 12.0 Å². The molecule has 1 aliphatic heterocycles. The van der Waals surface area contributed by atoms with E-state index in [0.29, 0.717) is 12.5 Å². The van der Waals surface area contributed by atoms with Crippen LogP contribution in [-0.4, -0.2) is 61.4 Å². The second-order valence-electron chi connectivity index (χ2n) is 8.95. The number of nitrogens with zero attached hydrogens (tertiary/aromatic N) is 3. The van der Waals surface area contributed by atoms with E-state index in [0.717, 1.165) is 51.4 Å². The lowest BCUT2D eigenvalue weighted by atomic mass is 9.88. The van der Waals surface area contributed by atoms with Gasteiger partial charge in [0.1, 0.15) is 0 Å². The number of hydrogen-bond donors (Lipinski definition) is 2. The molecule has 1 amide bonds. The Hall–Kier alpha value is -2.08. The predicted octanol–water partition coefficient (Wildman–Crippen LogP) is 2.98. The molecule has 1 aromatic rings. The molecule has 1 heterocycles. The Morgan fingerprint density at radius 3 is 2.57 bits per heavy atom. The smallest absolute Gasteiger partial charge is 0.225 e. The molecular formula is C24H39N5O. The standard InChI is InChI=1S/C24H39N5O/c1-4-25-24(26-16-20-12-8-9-13-21(20)17-28(2)3)27-22-14-15-29(18-22)23(30)19-10-6-5-7-11-19/h8-9,12-13,19,22H,4-7,10-11,14-18H2,1-3H3,(H2,25,26,27). The number of amides is 1. The average molecular weight is 414 g/mol. The number of nitrogens with one attached hydrogen (secondary N) is 2. The minimum absolute atomic E-state index is 0.257. The van der Waals surface area contributed by atoms with Gasteiger partial charge in [-0.1, -0.05) is 43.5 Å². The lowest BCUT2D eigenvalue weighted by Gasteiger charge is -2.26. The first-order valence-corrected chi connectivity index (χ1v) is 11.6. The van der Waals surface area contributed by atoms with Crippen molar-refractivity contribution < 1.29 is 4.79 Å². The first-order valence-electron chi connectivity index (χ1n) is 11.6. The van der Waals surface area contributed by atoms with Gasteiger partial charge in [0.05, 0.1) is 6.54 Å². The number of benzene rings is 1. The molecule has 6 heteroatoms. The maximum absolute atomic E-state index is 12.8. The highest BCUT2D eigenvalue weighted by Crippen LogP contribution is 2.26. The van der Waals surface area contributed by atoms with Gasteiger partial charge in [0, 0.05) is 38.1 Å². The number of carbonyl (C=O) groups excluding carboxylic acids is 1. The molecule has 1 atom stereocenters. The van der Waals surface area contributed by atoms with Gasteiger partial charge in [0.2, 0.25) is 5.91 Å². The van der Waals surface area contributed by atoms with Crippen molar-refractivity contribution in [3.05, 3.63) is 35.4 Å². The van der Waals surface area contributed by atoms with E-state index >= 15 is 0 Å². The van der Waals surface area contributed by atoms with Crippen LogP contribution in [-0.2, 0) is 17.9 Å². The van der Waals surface area contributed by atoms with Crippen LogP contribution in [0.3, 0.4) is 0 Å². The summed E-state index contributed by atoms with van der Waals surface area (Å²) in [6, 6.07) is 8.78. The lowest BCUT2D eigenvalue weighted by molar-refractivity contribution is -0.135. The van der Waals surface area contributed by atoms with Gasteiger partial charge in [-0.15, -0.1) is 0 Å². The molecule has 0 bridgehead atoms. The Labute approximate surface area is 182 Å². The fourth-order valence-corrected chi connectivity index (χ4v) is 4.57. The Morgan fingerprint density at radius 2 is 1.87 bits per heavy atom. The van der Waals surface area contributed by atoms with Crippen LogP contribution < -0.4 is 10.6 Å². The Balaban J connectivity index is 1.57. The molecule has 1 unspecified atom stereocenters. The molecule has 2 N–H and O–H groups in total. The summed E-state index contributed by atoms with van der Waals surface area (Å²) >= 11 is 0. The van der Waals surface area contributed by atoms with Crippen LogP contribution in [0.2, 0.25) is 0 Å². The van der Waals surface area contributed by atoms with Crippen LogP contribution in [0.4, 0.5) is 0 Å². The maximum atomic E-state index is 12.8. The molecule has 1 aromatic carbocycles. The van der Waals surface area contributed by atoms with Crippen molar-refractivity contribution in [3.63, 3.8) is 0 Å². The Morgan fingerprint density at radius 1 is 1.13 bits per heavy atom. The van der Waals surface area contributed by atoms with E-state index in [4.69, 9.17) is 4.99 Å². The van der Waals surface area contributed by atoms with Crippen molar-refractivity contribution in [2.75, 3.05) is 33.7 Å². The molecule has 2 aliphatic rings. The van der Waals surface area contributed by atoms with E-state index in [2.05, 4.69) is 65.7 Å². The van der Waals surface area contributed by atoms with E-state index in [1.165, 1.54) is 30.4 Å². The molecule has 2 fully saturated rings. The van der Waals surface area contributed by atoms with Crippen LogP contribution in [0, 0.1) is 5.92 Å². The molecule has 0 aromatic heterocycles. The molecule has 0 radical (unpaired) electrons. The average Bonchev–Trinajstić information content (AvgIpc) is 3.21. The minimum Gasteiger partial charge on any atom is -0.357 e. The maximum Gasteiger partial charge on any atom is 0.225 e. The molecule has 30 heavy (non-hydrogen) atoms. The summed E-state index contributed by atoms with van der Waals surface area (Å²) < 4.78 is 0. The monoisotopic (exact) mass is 413 g/mol. The summed E-state index contributed by atoms with van der Waals surface area (Å²) in [4.78, 5) is 21.9. The van der Waals surface area contributed by atoms with Crippen molar-refractivity contribution in [1.82, 2.24) is 20.4 Å². The van der Waals surface area contributed by atoms with Gasteiger partial charge in [0.25, 0.3) is 0 Å². The number of guanidine groups is 1. The first kappa shape index (κ1) is 22.6. The van der Waals surface area contributed by atoms with Gasteiger partial charge < -0.3 is 20.4 Å². The molecule has 1 saturated carbocycles. The number of rotatable bonds is 7. The van der Waals surface area contributed by atoms with Gasteiger partial charge in [-0.3, -0.25) is 4.79 Å². The summed E-state index contributed by atoms with van der Waals surface area (Å²) in [5, 5.41) is 6.94. The summed E-state index contributed by atoms with van der Waals surface area (Å²) in [6.07, 6.45) is 6.83. The number of likely N-dealkylation sites (tertiary alicyclic amines) is 1. The van der Waals surface area contributed by atoms with Gasteiger partial charge in [0.15, 0.2) is 5.96 Å². The van der Waals surface area contributed by atoms with E-state index in [1.54, 1.807) is 0 Å². The van der Waals surface area contributed by atoms with Crippen LogP contribution in [0.1, 0.15) is 56.6 Å². The first-order chi connectivity index (χ1) is 14.6. The number of aliphatic imine (C=N–C) groups is 1. The predicted molar refractivity (Wildman–Crippen MR) is 123 cm³/mol. The van der Waals surface area contributed by atoms with Crippen molar-refractivity contribution >= 4 is 11.9 Å². The third-order valence-electron chi connectivity index (χ3n) is 6.15. The second kappa shape index (κ2) is 11.3. The van der Waals surface area contributed by atoms with Gasteiger partial charge in [-0.25, -0.2) is 4.99 Å². The fourth-order valence-electron chi connectivity index (χ4n) is 4.57. The molecule has 1 aliphatic carbocycles. The van der Waals surface area contributed by atoms with Crippen LogP contribution >= 0.6 is 0 Å². The number of carbonyl (C=O) groups is 1. The zero-order valence-corrected chi connectivity index (χ0v) is 19.0. The molecule has 0 spiro atoms. The highest BCUT2D eigenvalue weighted by atomic mass is 16.2. The van der Waals surface area contributed by atoms with Gasteiger partial charge in [-0.05, 0) is 51.4 Å². The normalized spacial score (nSPS) is 20.6. The molecule has 166 valence electrons. The SMILES string of the molecule is CCNC(=NCc1ccccc1CN(C)C)NC1CCN(C(=O)C2CCCCC2)C1. The highest BCUT2D eigenvalue weighted by molar-refractivity contribution is 5.81. The van der Waals surface area contributed by atoms with Crippen molar-refractivity contribution in [3.8, 4) is 0 Å². The van der Waals surface area contributed by atoms with E-state index in [9.17, 15) is 4.79 Å². The zero-order chi connectivity index (χ0) is 21.3. The quantitative estimate of drug-likeness (QED) is 0.533. The third kappa shape index (κ3) is 6.46. The largest absolute Gasteiger partial charge is 0.357 e. The van der Waals surface area contributed by atoms with E-state index in [1.807, 2.05) is 0 Å². The lowest BCUT2D eigenvalue weighted by Crippen LogP contribution is -2.45. The molecule has 1 saturated heterocycles. The summed E-state index contributed by atoms with van der Waals surface area (Å²) in [6.45, 7) is 6.12. The molecular weight excluding hydrogens is 374 g/mol. The Bertz CT molecular complexity index is 711. The summed E-state index contributed by atoms with van der Waals surface area (Å²) in [7, 11) is 4.18. The third-order valence-corrected chi connectivity index (χ3v) is 6.15. The Kier molecular flexibility index (Phi) is 8.55. The van der Waals surface area contributed by atoms with Gasteiger partial charge >= 0.3 is 0 Å². The minimum atomic E-state index is 0.257. The molecule has 3 rings (SSSR count). The second-order valence-corrected chi connectivity index (χ2v) is 8.95. The molecule has 6 nitrogen and oxygen atoms in total. The summed E-state index contributed by atoms with van der Waals surface area (Å²) in [5.41, 5.74) is 2.57. The topological polar surface area (TPSA) is 60.0 Å². The summed E-state index contributed by atoms with van der Waals surface area (Å²) in [5.74, 6) is 1.47. The van der Waals surface area contributed by atoms with Crippen LogP contribution in [0.25, 0.3) is 0 Å². The van der Waals surface area contributed by atoms with Crippen LogP contribution in [0.5, 0.6) is 0 Å². The van der Waals surface area contributed by atoms with Crippen molar-refractivity contribution in [1.29, 1.82) is 0 Å². The van der Waals surface area contributed by atoms with Gasteiger partial charge in [-0.2, -0.15) is 0 Å². The number of hydrogen-bond acceptors (Lipinski definition) is 3. The van der Waals surface area contributed by atoms with E-state index < -0.39 is 0 Å².